The van der Waals surface area contributed by atoms with E-state index in [1.165, 1.54) is 0 Å². The highest BCUT2D eigenvalue weighted by Crippen LogP contribution is 2.27. The SMILES string of the molecule is COCc1ccc(-c2cc(N)no2)cc1O. The van der Waals surface area contributed by atoms with E-state index < -0.39 is 0 Å². The number of benzene rings is 1. The van der Waals surface area contributed by atoms with Gasteiger partial charge in [-0.15, -0.1) is 0 Å². The largest absolute Gasteiger partial charge is 0.508 e. The van der Waals surface area contributed by atoms with Gasteiger partial charge in [0.05, 0.1) is 6.61 Å². The molecule has 3 N–H and O–H groups in total. The van der Waals surface area contributed by atoms with Crippen molar-refractivity contribution in [3.05, 3.63) is 29.8 Å². The lowest BCUT2D eigenvalue weighted by Gasteiger charge is -2.04. The highest BCUT2D eigenvalue weighted by molar-refractivity contribution is 5.62. The second-order valence-electron chi connectivity index (χ2n) is 3.39. The Bertz CT molecular complexity index is 494. The smallest absolute Gasteiger partial charge is 0.169 e. The third kappa shape index (κ3) is 1.99. The normalized spacial score (nSPS) is 10.6. The summed E-state index contributed by atoms with van der Waals surface area (Å²) in [5.74, 6) is 1.00. The van der Waals surface area contributed by atoms with Crippen molar-refractivity contribution in [1.82, 2.24) is 5.16 Å². The zero-order valence-electron chi connectivity index (χ0n) is 8.80. The highest BCUT2D eigenvalue weighted by Gasteiger charge is 2.08. The average Bonchev–Trinajstić information content (AvgIpc) is 2.68. The van der Waals surface area contributed by atoms with Crippen LogP contribution in [-0.4, -0.2) is 17.4 Å². The Morgan fingerprint density at radius 3 is 2.81 bits per heavy atom. The number of ether oxygens (including phenoxy) is 1. The fraction of sp³-hybridized carbons (Fsp3) is 0.182. The molecule has 2 rings (SSSR count). The molecule has 0 amide bonds. The van der Waals surface area contributed by atoms with Crippen LogP contribution in [0.1, 0.15) is 5.56 Å². The zero-order valence-corrected chi connectivity index (χ0v) is 8.80. The topological polar surface area (TPSA) is 81.5 Å². The molecule has 0 aliphatic rings. The third-order valence-electron chi connectivity index (χ3n) is 2.20. The second kappa shape index (κ2) is 4.24. The van der Waals surface area contributed by atoms with Crippen molar-refractivity contribution in [1.29, 1.82) is 0 Å². The number of rotatable bonds is 3. The number of nitrogens with zero attached hydrogens (tertiary/aromatic N) is 1. The number of phenols is 1. The lowest BCUT2D eigenvalue weighted by atomic mass is 10.1. The van der Waals surface area contributed by atoms with Crippen LogP contribution >= 0.6 is 0 Å². The first-order chi connectivity index (χ1) is 7.70. The van der Waals surface area contributed by atoms with Gasteiger partial charge in [-0.1, -0.05) is 17.3 Å². The molecule has 2 aromatic rings. The van der Waals surface area contributed by atoms with Crippen molar-refractivity contribution in [3.63, 3.8) is 0 Å². The van der Waals surface area contributed by atoms with E-state index in [9.17, 15) is 5.11 Å². The Morgan fingerprint density at radius 1 is 1.44 bits per heavy atom. The van der Waals surface area contributed by atoms with Gasteiger partial charge in [-0.3, -0.25) is 0 Å². The zero-order chi connectivity index (χ0) is 11.5. The molecule has 0 fully saturated rings. The second-order valence-corrected chi connectivity index (χ2v) is 3.39. The molecule has 0 saturated carbocycles. The molecule has 0 radical (unpaired) electrons. The van der Waals surface area contributed by atoms with Crippen LogP contribution in [0.15, 0.2) is 28.8 Å². The summed E-state index contributed by atoms with van der Waals surface area (Å²) in [6, 6.07) is 6.78. The quantitative estimate of drug-likeness (QED) is 0.823. The van der Waals surface area contributed by atoms with Gasteiger partial charge in [0, 0.05) is 24.3 Å². The minimum atomic E-state index is 0.161. The molecular weight excluding hydrogens is 208 g/mol. The molecule has 0 spiro atoms. The Kier molecular flexibility index (Phi) is 2.78. The first-order valence-corrected chi connectivity index (χ1v) is 4.74. The Hall–Kier alpha value is -2.01. The summed E-state index contributed by atoms with van der Waals surface area (Å²) in [5.41, 5.74) is 6.89. The molecular formula is C11H12N2O3. The number of phenolic OH excluding ortho intramolecular Hbond substituents is 1. The number of nitrogens with two attached hydrogens (primary N) is 1. The molecule has 84 valence electrons. The van der Waals surface area contributed by atoms with Crippen LogP contribution in [-0.2, 0) is 11.3 Å². The van der Waals surface area contributed by atoms with E-state index in [4.69, 9.17) is 15.0 Å². The Morgan fingerprint density at radius 2 is 2.25 bits per heavy atom. The monoisotopic (exact) mass is 220 g/mol. The van der Waals surface area contributed by atoms with Gasteiger partial charge < -0.3 is 20.1 Å². The Labute approximate surface area is 92.4 Å². The number of aromatic hydroxyl groups is 1. The summed E-state index contributed by atoms with van der Waals surface area (Å²) in [4.78, 5) is 0. The van der Waals surface area contributed by atoms with Gasteiger partial charge >= 0.3 is 0 Å². The van der Waals surface area contributed by atoms with Crippen LogP contribution in [0.25, 0.3) is 11.3 Å². The van der Waals surface area contributed by atoms with Gasteiger partial charge in [-0.05, 0) is 6.07 Å². The van der Waals surface area contributed by atoms with Crippen molar-refractivity contribution in [3.8, 4) is 17.1 Å². The fourth-order valence-corrected chi connectivity index (χ4v) is 1.42. The van der Waals surface area contributed by atoms with Crippen molar-refractivity contribution >= 4 is 5.82 Å². The molecule has 0 atom stereocenters. The van der Waals surface area contributed by atoms with E-state index >= 15 is 0 Å². The van der Waals surface area contributed by atoms with Gasteiger partial charge in [-0.2, -0.15) is 0 Å². The number of hydrogen-bond donors (Lipinski definition) is 2. The van der Waals surface area contributed by atoms with Gasteiger partial charge in [0.2, 0.25) is 0 Å². The summed E-state index contributed by atoms with van der Waals surface area (Å²) in [6.45, 7) is 0.366. The van der Waals surface area contributed by atoms with E-state index in [1.54, 1.807) is 25.3 Å². The maximum Gasteiger partial charge on any atom is 0.169 e. The lowest BCUT2D eigenvalue weighted by Crippen LogP contribution is -1.88. The average molecular weight is 220 g/mol. The van der Waals surface area contributed by atoms with Crippen LogP contribution in [0.5, 0.6) is 5.75 Å². The number of aromatic nitrogens is 1. The summed E-state index contributed by atoms with van der Waals surface area (Å²) in [5, 5.41) is 13.3. The van der Waals surface area contributed by atoms with Gasteiger partial charge in [-0.25, -0.2) is 0 Å². The number of anilines is 1. The molecule has 5 nitrogen and oxygen atoms in total. The van der Waals surface area contributed by atoms with Crippen LogP contribution < -0.4 is 5.73 Å². The summed E-state index contributed by atoms with van der Waals surface area (Å²) in [6.07, 6.45) is 0. The number of hydrogen-bond acceptors (Lipinski definition) is 5. The van der Waals surface area contributed by atoms with E-state index in [0.717, 1.165) is 11.1 Å². The maximum atomic E-state index is 9.72. The van der Waals surface area contributed by atoms with E-state index in [0.29, 0.717) is 18.2 Å². The van der Waals surface area contributed by atoms with Crippen LogP contribution in [0, 0.1) is 0 Å². The molecule has 0 aliphatic carbocycles. The molecule has 1 aromatic heterocycles. The summed E-state index contributed by atoms with van der Waals surface area (Å²) >= 11 is 0. The molecule has 0 unspecified atom stereocenters. The molecule has 16 heavy (non-hydrogen) atoms. The molecule has 0 aliphatic heterocycles. The lowest BCUT2D eigenvalue weighted by molar-refractivity contribution is 0.182. The molecule has 1 aromatic carbocycles. The summed E-state index contributed by atoms with van der Waals surface area (Å²) in [7, 11) is 1.57. The molecule has 0 saturated heterocycles. The predicted molar refractivity (Wildman–Crippen MR) is 58.7 cm³/mol. The predicted octanol–water partition coefficient (Wildman–Crippen LogP) is 1.78. The fourth-order valence-electron chi connectivity index (χ4n) is 1.42. The van der Waals surface area contributed by atoms with Crippen molar-refractivity contribution < 1.29 is 14.4 Å². The summed E-state index contributed by atoms with van der Waals surface area (Å²) < 4.78 is 9.93. The van der Waals surface area contributed by atoms with Crippen molar-refractivity contribution in [2.45, 2.75) is 6.61 Å². The van der Waals surface area contributed by atoms with Crippen molar-refractivity contribution in [2.24, 2.45) is 0 Å². The molecule has 5 heteroatoms. The van der Waals surface area contributed by atoms with Gasteiger partial charge in [0.25, 0.3) is 0 Å². The third-order valence-corrected chi connectivity index (χ3v) is 2.20. The minimum Gasteiger partial charge on any atom is -0.508 e. The highest BCUT2D eigenvalue weighted by atomic mass is 16.5. The number of nitrogen functional groups attached to an aromatic ring is 1. The van der Waals surface area contributed by atoms with Crippen molar-refractivity contribution in [2.75, 3.05) is 12.8 Å². The maximum absolute atomic E-state index is 9.72. The molecule has 1 heterocycles. The van der Waals surface area contributed by atoms with Crippen LogP contribution in [0.3, 0.4) is 0 Å². The van der Waals surface area contributed by atoms with E-state index in [2.05, 4.69) is 5.16 Å². The van der Waals surface area contributed by atoms with Crippen LogP contribution in [0.2, 0.25) is 0 Å². The number of methoxy groups -OCH3 is 1. The van der Waals surface area contributed by atoms with E-state index in [1.807, 2.05) is 6.07 Å². The van der Waals surface area contributed by atoms with E-state index in [-0.39, 0.29) is 5.75 Å². The van der Waals surface area contributed by atoms with Crippen LogP contribution in [0.4, 0.5) is 5.82 Å². The van der Waals surface area contributed by atoms with Gasteiger partial charge in [0.1, 0.15) is 5.75 Å². The first-order valence-electron chi connectivity index (χ1n) is 4.74. The Balaban J connectivity index is 2.34. The minimum absolute atomic E-state index is 0.161. The van der Waals surface area contributed by atoms with Gasteiger partial charge in [0.15, 0.2) is 11.6 Å². The first kappa shape index (κ1) is 10.5. The molecule has 0 bridgehead atoms. The standard InChI is InChI=1S/C11H12N2O3/c1-15-6-8-3-2-7(4-9(8)14)10-5-11(12)13-16-10/h2-5,14H,6H2,1H3,(H2,12,13).